The Hall–Kier alpha value is -4.54. The molecule has 184 valence electrons. The van der Waals surface area contributed by atoms with Gasteiger partial charge in [0.1, 0.15) is 30.4 Å². The van der Waals surface area contributed by atoms with Crippen molar-refractivity contribution in [1.82, 2.24) is 9.97 Å². The van der Waals surface area contributed by atoms with Crippen LogP contribution in [0.25, 0.3) is 0 Å². The van der Waals surface area contributed by atoms with E-state index >= 15 is 0 Å². The minimum absolute atomic E-state index is 0.0597. The van der Waals surface area contributed by atoms with Gasteiger partial charge in [0.25, 0.3) is 5.56 Å². The Morgan fingerprint density at radius 1 is 0.771 bits per heavy atom. The average molecular weight is 483 g/mol. The van der Waals surface area contributed by atoms with Crippen molar-refractivity contribution in [3.63, 3.8) is 0 Å². The van der Waals surface area contributed by atoms with E-state index in [4.69, 9.17) is 18.9 Å². The van der Waals surface area contributed by atoms with Gasteiger partial charge in [-0.05, 0) is 48.5 Å². The molecule has 0 aliphatic rings. The van der Waals surface area contributed by atoms with Crippen molar-refractivity contribution >= 4 is 17.6 Å². The normalized spacial score (nSPS) is 10.3. The summed E-state index contributed by atoms with van der Waals surface area (Å²) >= 11 is 0. The fourth-order valence-electron chi connectivity index (χ4n) is 3.11. The number of ether oxygens (including phenoxy) is 4. The number of nitrogens with one attached hydrogen (secondary N) is 2. The molecule has 35 heavy (non-hydrogen) atoms. The van der Waals surface area contributed by atoms with Crippen LogP contribution in [-0.4, -0.2) is 62.4 Å². The highest BCUT2D eigenvalue weighted by molar-refractivity contribution is 5.90. The summed E-state index contributed by atoms with van der Waals surface area (Å²) in [6.07, 6.45) is 1.25. The number of H-pyrrole nitrogens is 2. The van der Waals surface area contributed by atoms with Crippen molar-refractivity contribution in [3.05, 3.63) is 86.7 Å². The summed E-state index contributed by atoms with van der Waals surface area (Å²) in [5, 5.41) is 0. The Morgan fingerprint density at radius 3 is 1.63 bits per heavy atom. The van der Waals surface area contributed by atoms with Crippen LogP contribution >= 0.6 is 0 Å². The van der Waals surface area contributed by atoms with Crippen LogP contribution in [0.1, 0.15) is 20.7 Å². The first kappa shape index (κ1) is 25.1. The van der Waals surface area contributed by atoms with E-state index in [0.717, 1.165) is 0 Å². The molecule has 1 heterocycles. The largest absolute Gasteiger partial charge is 0.497 e. The monoisotopic (exact) mass is 483 g/mol. The molecule has 3 aromatic rings. The standard InChI is InChI=1S/C24H25N3O8/c1-32-18-7-3-16(4-8-18)22(29)34-13-11-27(20-15-25-24(31)26-21(20)28)12-14-35-23(30)17-5-9-19(33-2)10-6-17/h3-10,15H,11-14H2,1-2H3,(H2,25,26,28,31). The van der Waals surface area contributed by atoms with Gasteiger partial charge in [-0.2, -0.15) is 0 Å². The highest BCUT2D eigenvalue weighted by atomic mass is 16.5. The Balaban J connectivity index is 1.61. The van der Waals surface area contributed by atoms with E-state index in [-0.39, 0.29) is 32.0 Å². The molecule has 11 nitrogen and oxygen atoms in total. The third-order valence-corrected chi connectivity index (χ3v) is 4.98. The number of hydrogen-bond acceptors (Lipinski definition) is 9. The molecule has 2 N–H and O–H groups in total. The predicted octanol–water partition coefficient (Wildman–Crippen LogP) is 1.60. The summed E-state index contributed by atoms with van der Waals surface area (Å²) in [5.74, 6) is 0.117. The number of benzene rings is 2. The van der Waals surface area contributed by atoms with Gasteiger partial charge in [-0.1, -0.05) is 0 Å². The number of esters is 2. The third kappa shape index (κ3) is 6.97. The lowest BCUT2D eigenvalue weighted by Crippen LogP contribution is -2.37. The van der Waals surface area contributed by atoms with E-state index in [9.17, 15) is 19.2 Å². The Morgan fingerprint density at radius 2 is 1.23 bits per heavy atom. The number of methoxy groups -OCH3 is 2. The van der Waals surface area contributed by atoms with Crippen molar-refractivity contribution in [2.45, 2.75) is 0 Å². The molecule has 0 aliphatic carbocycles. The molecule has 2 aromatic carbocycles. The highest BCUT2D eigenvalue weighted by Crippen LogP contribution is 2.13. The summed E-state index contributed by atoms with van der Waals surface area (Å²) in [6.45, 7) is 0.0971. The van der Waals surface area contributed by atoms with Gasteiger partial charge in [0.15, 0.2) is 0 Å². The molecule has 0 aliphatic heterocycles. The molecule has 0 spiro atoms. The first-order chi connectivity index (χ1) is 16.9. The van der Waals surface area contributed by atoms with E-state index < -0.39 is 23.2 Å². The second-order valence-corrected chi connectivity index (χ2v) is 7.17. The number of hydrogen-bond donors (Lipinski definition) is 2. The molecular formula is C24H25N3O8. The van der Waals surface area contributed by atoms with Crippen LogP contribution in [-0.2, 0) is 9.47 Å². The van der Waals surface area contributed by atoms with Gasteiger partial charge >= 0.3 is 17.6 Å². The first-order valence-electron chi connectivity index (χ1n) is 10.6. The lowest BCUT2D eigenvalue weighted by Gasteiger charge is -2.23. The molecule has 0 fully saturated rings. The highest BCUT2D eigenvalue weighted by Gasteiger charge is 2.15. The van der Waals surface area contributed by atoms with E-state index in [1.54, 1.807) is 48.5 Å². The second kappa shape index (κ2) is 12.1. The molecule has 11 heteroatoms. The molecule has 0 saturated heterocycles. The van der Waals surface area contributed by atoms with E-state index in [1.165, 1.54) is 25.3 Å². The molecule has 0 radical (unpaired) electrons. The van der Waals surface area contributed by atoms with Crippen LogP contribution in [0.2, 0.25) is 0 Å². The summed E-state index contributed by atoms with van der Waals surface area (Å²) in [4.78, 5) is 54.4. The zero-order chi connectivity index (χ0) is 25.2. The molecule has 1 aromatic heterocycles. The molecule has 0 atom stereocenters. The Labute approximate surface area is 200 Å². The molecule has 0 bridgehead atoms. The minimum Gasteiger partial charge on any atom is -0.497 e. The van der Waals surface area contributed by atoms with Crippen LogP contribution < -0.4 is 25.6 Å². The van der Waals surface area contributed by atoms with Gasteiger partial charge < -0.3 is 28.8 Å². The second-order valence-electron chi connectivity index (χ2n) is 7.17. The van der Waals surface area contributed by atoms with E-state index in [0.29, 0.717) is 22.6 Å². The smallest absolute Gasteiger partial charge is 0.338 e. The number of anilines is 1. The summed E-state index contributed by atoms with van der Waals surface area (Å²) in [7, 11) is 3.05. The number of carbonyl (C=O) groups is 2. The first-order valence-corrected chi connectivity index (χ1v) is 10.6. The van der Waals surface area contributed by atoms with Gasteiger partial charge in [0.05, 0.1) is 38.4 Å². The van der Waals surface area contributed by atoms with Crippen LogP contribution in [0, 0.1) is 0 Å². The van der Waals surface area contributed by atoms with Gasteiger partial charge in [-0.15, -0.1) is 0 Å². The average Bonchev–Trinajstić information content (AvgIpc) is 2.88. The summed E-state index contributed by atoms with van der Waals surface area (Å²) < 4.78 is 20.8. The quantitative estimate of drug-likeness (QED) is 0.389. The fraction of sp³-hybridized carbons (Fsp3) is 0.250. The maximum atomic E-state index is 12.3. The maximum Gasteiger partial charge on any atom is 0.338 e. The molecule has 0 amide bonds. The molecule has 0 unspecified atom stereocenters. The van der Waals surface area contributed by atoms with Gasteiger partial charge in [0, 0.05) is 6.20 Å². The number of carbonyl (C=O) groups excluding carboxylic acids is 2. The van der Waals surface area contributed by atoms with Crippen LogP contribution in [0.4, 0.5) is 5.69 Å². The Kier molecular flexibility index (Phi) is 8.65. The predicted molar refractivity (Wildman–Crippen MR) is 126 cm³/mol. The van der Waals surface area contributed by atoms with Gasteiger partial charge in [-0.25, -0.2) is 14.4 Å². The van der Waals surface area contributed by atoms with Gasteiger partial charge in [-0.3, -0.25) is 9.78 Å². The third-order valence-electron chi connectivity index (χ3n) is 4.98. The van der Waals surface area contributed by atoms with Crippen molar-refractivity contribution < 1.29 is 28.5 Å². The molecule has 0 saturated carbocycles. The van der Waals surface area contributed by atoms with Crippen LogP contribution in [0.15, 0.2) is 64.3 Å². The van der Waals surface area contributed by atoms with Crippen LogP contribution in [0.3, 0.4) is 0 Å². The van der Waals surface area contributed by atoms with Crippen molar-refractivity contribution in [2.24, 2.45) is 0 Å². The summed E-state index contributed by atoms with van der Waals surface area (Å²) in [5.41, 5.74) is -0.474. The van der Waals surface area contributed by atoms with Crippen LogP contribution in [0.5, 0.6) is 11.5 Å². The van der Waals surface area contributed by atoms with Gasteiger partial charge in [0.2, 0.25) is 0 Å². The number of aromatic amines is 2. The lowest BCUT2D eigenvalue weighted by atomic mass is 10.2. The van der Waals surface area contributed by atoms with Crippen molar-refractivity contribution in [2.75, 3.05) is 45.4 Å². The SMILES string of the molecule is COc1ccc(C(=O)OCCN(CCOC(=O)c2ccc(OC)cc2)c2c[nH]c(=O)[nH]c2=O)cc1. The zero-order valence-electron chi connectivity index (χ0n) is 19.2. The number of rotatable bonds is 11. The van der Waals surface area contributed by atoms with E-state index in [1.807, 2.05) is 0 Å². The zero-order valence-corrected chi connectivity index (χ0v) is 19.2. The summed E-state index contributed by atoms with van der Waals surface area (Å²) in [6, 6.07) is 12.8. The number of aromatic nitrogens is 2. The minimum atomic E-state index is -0.657. The maximum absolute atomic E-state index is 12.3. The molecular weight excluding hydrogens is 458 g/mol. The topological polar surface area (TPSA) is 140 Å². The number of nitrogens with zero attached hydrogens (tertiary/aromatic N) is 1. The lowest BCUT2D eigenvalue weighted by molar-refractivity contribution is 0.0504. The van der Waals surface area contributed by atoms with Crippen molar-refractivity contribution in [3.8, 4) is 11.5 Å². The fourth-order valence-corrected chi connectivity index (χ4v) is 3.11. The van der Waals surface area contributed by atoms with Crippen molar-refractivity contribution in [1.29, 1.82) is 0 Å². The van der Waals surface area contributed by atoms with E-state index in [2.05, 4.69) is 9.97 Å². The Bertz CT molecular complexity index is 1180. The molecule has 3 rings (SSSR count).